The molecule has 0 unspecified atom stereocenters. The number of hydrogen-bond donors (Lipinski definition) is 1. The lowest BCUT2D eigenvalue weighted by molar-refractivity contribution is -0.131. The van der Waals surface area contributed by atoms with Gasteiger partial charge in [-0.2, -0.15) is 0 Å². The van der Waals surface area contributed by atoms with Gasteiger partial charge in [0.2, 0.25) is 0 Å². The minimum Gasteiger partial charge on any atom is -0.494 e. The average Bonchev–Trinajstić information content (AvgIpc) is 2.84. The number of aliphatic carboxylic acids is 1. The summed E-state index contributed by atoms with van der Waals surface area (Å²) < 4.78 is 26.4. The minimum absolute atomic E-state index is 0.183. The zero-order valence-electron chi connectivity index (χ0n) is 19.0. The molecule has 1 N–H and O–H groups in total. The Hall–Kier alpha value is -4.12. The first-order valence-corrected chi connectivity index (χ1v) is 11.1. The average molecular weight is 457 g/mol. The standard InChI is InChI=1S/C29H25FO4/c1-3-7-21-16-22-17-26(33-2)25(30)18-24(22)29(28(21)20-8-5-4-6-9-20)34-23-13-10-19(11-14-23)12-15-27(31)32/h4-6,8-18H,3,7H2,1-2H3,(H,31,32). The lowest BCUT2D eigenvalue weighted by Crippen LogP contribution is -1.98. The van der Waals surface area contributed by atoms with Crippen LogP contribution in [0.4, 0.5) is 4.39 Å². The van der Waals surface area contributed by atoms with E-state index in [2.05, 4.69) is 13.0 Å². The molecule has 4 rings (SSSR count). The van der Waals surface area contributed by atoms with Gasteiger partial charge in [0.15, 0.2) is 11.6 Å². The molecule has 4 aromatic carbocycles. The summed E-state index contributed by atoms with van der Waals surface area (Å²) >= 11 is 0. The van der Waals surface area contributed by atoms with E-state index >= 15 is 0 Å². The Morgan fingerprint density at radius 3 is 2.41 bits per heavy atom. The number of carboxylic acids is 1. The molecule has 0 aliphatic heterocycles. The summed E-state index contributed by atoms with van der Waals surface area (Å²) in [4.78, 5) is 10.8. The van der Waals surface area contributed by atoms with Crippen molar-refractivity contribution in [2.75, 3.05) is 7.11 Å². The van der Waals surface area contributed by atoms with Crippen molar-refractivity contribution in [3.63, 3.8) is 0 Å². The minimum atomic E-state index is -1.01. The number of methoxy groups -OCH3 is 1. The van der Waals surface area contributed by atoms with Gasteiger partial charge in [0.25, 0.3) is 0 Å². The van der Waals surface area contributed by atoms with Gasteiger partial charge in [0.1, 0.15) is 11.5 Å². The monoisotopic (exact) mass is 456 g/mol. The van der Waals surface area contributed by atoms with Crippen LogP contribution in [0.2, 0.25) is 0 Å². The van der Waals surface area contributed by atoms with Crippen LogP contribution >= 0.6 is 0 Å². The lowest BCUT2D eigenvalue weighted by Gasteiger charge is -2.19. The fraction of sp³-hybridized carbons (Fsp3) is 0.138. The summed E-state index contributed by atoms with van der Waals surface area (Å²) in [7, 11) is 1.45. The topological polar surface area (TPSA) is 55.8 Å². The molecule has 0 spiro atoms. The van der Waals surface area contributed by atoms with E-state index in [1.165, 1.54) is 19.3 Å². The lowest BCUT2D eigenvalue weighted by atomic mass is 9.91. The van der Waals surface area contributed by atoms with Crippen LogP contribution < -0.4 is 9.47 Å². The second-order valence-electron chi connectivity index (χ2n) is 7.91. The van der Waals surface area contributed by atoms with Gasteiger partial charge in [-0.05, 0) is 58.8 Å². The van der Waals surface area contributed by atoms with Gasteiger partial charge < -0.3 is 14.6 Å². The van der Waals surface area contributed by atoms with Crippen LogP contribution in [0.5, 0.6) is 17.2 Å². The number of carbonyl (C=O) groups is 1. The van der Waals surface area contributed by atoms with Crippen molar-refractivity contribution < 1.29 is 23.8 Å². The molecule has 34 heavy (non-hydrogen) atoms. The van der Waals surface area contributed by atoms with Crippen molar-refractivity contribution in [1.29, 1.82) is 0 Å². The second kappa shape index (κ2) is 10.2. The molecule has 4 nitrogen and oxygen atoms in total. The summed E-state index contributed by atoms with van der Waals surface area (Å²) in [6, 6.07) is 22.3. The Bertz CT molecular complexity index is 1340. The van der Waals surface area contributed by atoms with E-state index in [-0.39, 0.29) is 5.75 Å². The van der Waals surface area contributed by atoms with E-state index in [1.54, 1.807) is 30.3 Å². The highest BCUT2D eigenvalue weighted by Crippen LogP contribution is 2.44. The van der Waals surface area contributed by atoms with Crippen molar-refractivity contribution >= 4 is 22.8 Å². The van der Waals surface area contributed by atoms with E-state index in [9.17, 15) is 9.18 Å². The number of rotatable bonds is 8. The molecule has 4 aromatic rings. The number of fused-ring (bicyclic) bond motifs is 1. The van der Waals surface area contributed by atoms with E-state index in [1.807, 2.05) is 30.3 Å². The highest BCUT2D eigenvalue weighted by molar-refractivity contribution is 5.98. The van der Waals surface area contributed by atoms with Crippen molar-refractivity contribution in [1.82, 2.24) is 0 Å². The van der Waals surface area contributed by atoms with Crippen LogP contribution in [0.25, 0.3) is 28.0 Å². The Labute approximate surface area is 197 Å². The highest BCUT2D eigenvalue weighted by Gasteiger charge is 2.19. The molecule has 0 atom stereocenters. The molecule has 0 aromatic heterocycles. The SMILES string of the molecule is CCCc1cc2cc(OC)c(F)cc2c(Oc2ccc(C=CC(=O)O)cc2)c1-c1ccccc1. The first kappa shape index (κ1) is 23.1. The Kier molecular flexibility index (Phi) is 6.93. The van der Waals surface area contributed by atoms with Crippen LogP contribution in [0.15, 0.2) is 78.9 Å². The highest BCUT2D eigenvalue weighted by atomic mass is 19.1. The Morgan fingerprint density at radius 2 is 1.76 bits per heavy atom. The van der Waals surface area contributed by atoms with Crippen LogP contribution in [0.3, 0.4) is 0 Å². The van der Waals surface area contributed by atoms with E-state index in [0.717, 1.165) is 46.6 Å². The predicted octanol–water partition coefficient (Wildman–Crippen LogP) is 7.50. The van der Waals surface area contributed by atoms with Gasteiger partial charge in [0, 0.05) is 17.0 Å². The number of ether oxygens (including phenoxy) is 2. The van der Waals surface area contributed by atoms with Crippen LogP contribution in [-0.4, -0.2) is 18.2 Å². The first-order valence-electron chi connectivity index (χ1n) is 11.1. The van der Waals surface area contributed by atoms with Gasteiger partial charge in [-0.25, -0.2) is 9.18 Å². The maximum atomic E-state index is 14.8. The molecule has 5 heteroatoms. The normalized spacial score (nSPS) is 11.1. The number of aryl methyl sites for hydroxylation is 1. The van der Waals surface area contributed by atoms with Crippen LogP contribution in [-0.2, 0) is 11.2 Å². The molecule has 0 fully saturated rings. The molecule has 0 saturated carbocycles. The van der Waals surface area contributed by atoms with Crippen molar-refractivity contribution in [2.24, 2.45) is 0 Å². The maximum Gasteiger partial charge on any atom is 0.328 e. The maximum absolute atomic E-state index is 14.8. The third-order valence-electron chi connectivity index (χ3n) is 5.55. The molecular weight excluding hydrogens is 431 g/mol. The summed E-state index contributed by atoms with van der Waals surface area (Å²) in [5.41, 5.74) is 3.75. The molecule has 0 bridgehead atoms. The molecule has 0 aliphatic carbocycles. The number of benzene rings is 4. The zero-order chi connectivity index (χ0) is 24.1. The van der Waals surface area contributed by atoms with Crippen molar-refractivity contribution in [3.05, 3.63) is 95.8 Å². The van der Waals surface area contributed by atoms with E-state index in [4.69, 9.17) is 14.6 Å². The fourth-order valence-corrected chi connectivity index (χ4v) is 4.01. The largest absolute Gasteiger partial charge is 0.494 e. The number of carboxylic acid groups (broad SMARTS) is 1. The number of halogens is 1. The smallest absolute Gasteiger partial charge is 0.328 e. The van der Waals surface area contributed by atoms with Crippen molar-refractivity contribution in [3.8, 4) is 28.4 Å². The quantitative estimate of drug-likeness (QED) is 0.279. The molecule has 0 radical (unpaired) electrons. The van der Waals surface area contributed by atoms with Gasteiger partial charge in [-0.15, -0.1) is 0 Å². The molecular formula is C29H25FO4. The zero-order valence-corrected chi connectivity index (χ0v) is 19.0. The predicted molar refractivity (Wildman–Crippen MR) is 133 cm³/mol. The van der Waals surface area contributed by atoms with Gasteiger partial charge >= 0.3 is 5.97 Å². The Balaban J connectivity index is 1.91. The molecule has 0 amide bonds. The molecule has 0 aliphatic rings. The molecule has 0 saturated heterocycles. The third-order valence-corrected chi connectivity index (χ3v) is 5.55. The van der Waals surface area contributed by atoms with Gasteiger partial charge in [0.05, 0.1) is 7.11 Å². The fourth-order valence-electron chi connectivity index (χ4n) is 4.01. The second-order valence-corrected chi connectivity index (χ2v) is 7.91. The first-order chi connectivity index (χ1) is 16.5. The summed E-state index contributed by atoms with van der Waals surface area (Å²) in [5, 5.41) is 10.3. The van der Waals surface area contributed by atoms with E-state index < -0.39 is 11.8 Å². The van der Waals surface area contributed by atoms with Crippen LogP contribution in [0, 0.1) is 5.82 Å². The summed E-state index contributed by atoms with van der Waals surface area (Å²) in [6.45, 7) is 2.12. The van der Waals surface area contributed by atoms with Gasteiger partial charge in [-0.3, -0.25) is 0 Å². The van der Waals surface area contributed by atoms with Crippen LogP contribution in [0.1, 0.15) is 24.5 Å². The Morgan fingerprint density at radius 1 is 1.03 bits per heavy atom. The summed E-state index contributed by atoms with van der Waals surface area (Å²) in [5.74, 6) is -0.151. The molecule has 172 valence electrons. The third kappa shape index (κ3) is 4.94. The van der Waals surface area contributed by atoms with Gasteiger partial charge in [-0.1, -0.05) is 61.9 Å². The summed E-state index contributed by atoms with van der Waals surface area (Å²) in [6.07, 6.45) is 4.37. The number of hydrogen-bond acceptors (Lipinski definition) is 3. The molecule has 0 heterocycles. The van der Waals surface area contributed by atoms with E-state index in [0.29, 0.717) is 16.9 Å². The van der Waals surface area contributed by atoms with Crippen molar-refractivity contribution in [2.45, 2.75) is 19.8 Å².